The van der Waals surface area contributed by atoms with Crippen LogP contribution in [0.5, 0.6) is 0 Å². The fourth-order valence-corrected chi connectivity index (χ4v) is 2.28. The summed E-state index contributed by atoms with van der Waals surface area (Å²) >= 11 is 1.60. The van der Waals surface area contributed by atoms with E-state index in [1.165, 1.54) is 6.07 Å². The van der Waals surface area contributed by atoms with Gasteiger partial charge in [0.25, 0.3) is 0 Å². The van der Waals surface area contributed by atoms with Gasteiger partial charge in [-0.1, -0.05) is 12.1 Å². The van der Waals surface area contributed by atoms with Gasteiger partial charge >= 0.3 is 0 Å². The first-order valence-corrected chi connectivity index (χ1v) is 4.97. The Kier molecular flexibility index (Phi) is 2.33. The smallest absolute Gasteiger partial charge is 0.137 e. The first-order valence-electron chi connectivity index (χ1n) is 3.99. The summed E-state index contributed by atoms with van der Waals surface area (Å²) in [5.74, 6) is 0.870. The molecule has 0 radical (unpaired) electrons. The van der Waals surface area contributed by atoms with Gasteiger partial charge in [-0.2, -0.15) is 0 Å². The van der Waals surface area contributed by atoms with E-state index in [0.717, 1.165) is 29.3 Å². The van der Waals surface area contributed by atoms with Crippen molar-refractivity contribution in [2.45, 2.75) is 11.4 Å². The fourth-order valence-electron chi connectivity index (χ4n) is 1.30. The zero-order valence-electron chi connectivity index (χ0n) is 6.64. The average Bonchev–Trinajstić information content (AvgIpc) is 2.30. The number of rotatable bonds is 0. The molecule has 1 heterocycles. The Morgan fingerprint density at radius 2 is 2.33 bits per heavy atom. The number of thioether (sulfide) groups is 1. The van der Waals surface area contributed by atoms with E-state index >= 15 is 0 Å². The number of nitrogens with one attached hydrogen (secondary N) is 1. The lowest BCUT2D eigenvalue weighted by Crippen LogP contribution is -2.13. The molecule has 3 heteroatoms. The summed E-state index contributed by atoms with van der Waals surface area (Å²) in [5.41, 5.74) is 1.08. The Morgan fingerprint density at radius 1 is 1.42 bits per heavy atom. The number of hydrogen-bond donors (Lipinski definition) is 1. The number of benzene rings is 1. The van der Waals surface area contributed by atoms with Crippen molar-refractivity contribution < 1.29 is 4.39 Å². The molecule has 0 spiro atoms. The summed E-state index contributed by atoms with van der Waals surface area (Å²) in [6.07, 6.45) is 0. The van der Waals surface area contributed by atoms with Gasteiger partial charge in [0.1, 0.15) is 5.82 Å². The molecule has 1 aliphatic rings. The molecule has 0 unspecified atom stereocenters. The van der Waals surface area contributed by atoms with Crippen LogP contribution in [0.4, 0.5) is 4.39 Å². The zero-order valence-corrected chi connectivity index (χ0v) is 7.46. The Labute approximate surface area is 75.4 Å². The average molecular weight is 183 g/mol. The van der Waals surface area contributed by atoms with Gasteiger partial charge in [0.05, 0.1) is 0 Å². The maximum Gasteiger partial charge on any atom is 0.137 e. The third kappa shape index (κ3) is 1.47. The lowest BCUT2D eigenvalue weighted by atomic mass is 10.2. The number of hydrogen-bond acceptors (Lipinski definition) is 2. The Bertz CT molecular complexity index is 288. The molecule has 0 saturated carbocycles. The first-order chi connectivity index (χ1) is 5.88. The van der Waals surface area contributed by atoms with Crippen LogP contribution in [0.25, 0.3) is 0 Å². The minimum absolute atomic E-state index is 0.0822. The summed E-state index contributed by atoms with van der Waals surface area (Å²) in [5, 5.41) is 3.24. The molecule has 1 aliphatic heterocycles. The quantitative estimate of drug-likeness (QED) is 0.660. The van der Waals surface area contributed by atoms with Crippen LogP contribution in [0.1, 0.15) is 5.56 Å². The van der Waals surface area contributed by atoms with Gasteiger partial charge in [0.15, 0.2) is 0 Å². The van der Waals surface area contributed by atoms with Crippen LogP contribution in [-0.4, -0.2) is 12.3 Å². The van der Waals surface area contributed by atoms with E-state index in [0.29, 0.717) is 0 Å². The minimum Gasteiger partial charge on any atom is -0.312 e. The highest BCUT2D eigenvalue weighted by Crippen LogP contribution is 2.27. The molecule has 0 bridgehead atoms. The molecule has 12 heavy (non-hydrogen) atoms. The van der Waals surface area contributed by atoms with Crippen molar-refractivity contribution in [2.24, 2.45) is 0 Å². The van der Waals surface area contributed by atoms with Crippen molar-refractivity contribution in [2.75, 3.05) is 12.3 Å². The van der Waals surface area contributed by atoms with E-state index in [1.807, 2.05) is 6.07 Å². The Balaban J connectivity index is 2.42. The van der Waals surface area contributed by atoms with Crippen LogP contribution < -0.4 is 5.32 Å². The summed E-state index contributed by atoms with van der Waals surface area (Å²) in [4.78, 5) is 0.822. The van der Waals surface area contributed by atoms with Gasteiger partial charge in [-0.15, -0.1) is 11.8 Å². The van der Waals surface area contributed by atoms with E-state index in [9.17, 15) is 4.39 Å². The summed E-state index contributed by atoms with van der Waals surface area (Å²) in [6.45, 7) is 1.75. The van der Waals surface area contributed by atoms with Crippen LogP contribution in [0.3, 0.4) is 0 Å². The maximum absolute atomic E-state index is 13.2. The predicted molar refractivity (Wildman–Crippen MR) is 48.8 cm³/mol. The molecule has 0 atom stereocenters. The second-order valence-electron chi connectivity index (χ2n) is 2.75. The van der Waals surface area contributed by atoms with Crippen LogP contribution >= 0.6 is 11.8 Å². The van der Waals surface area contributed by atoms with Gasteiger partial charge in [0.2, 0.25) is 0 Å². The van der Waals surface area contributed by atoms with Crippen LogP contribution in [0, 0.1) is 5.82 Å². The topological polar surface area (TPSA) is 12.0 Å². The van der Waals surface area contributed by atoms with E-state index in [-0.39, 0.29) is 5.82 Å². The van der Waals surface area contributed by atoms with Crippen LogP contribution in [0.15, 0.2) is 23.1 Å². The minimum atomic E-state index is -0.0822. The van der Waals surface area contributed by atoms with Crippen molar-refractivity contribution in [3.05, 3.63) is 29.6 Å². The molecule has 0 aromatic heterocycles. The van der Waals surface area contributed by atoms with Gasteiger partial charge in [-0.05, 0) is 11.6 Å². The third-order valence-electron chi connectivity index (χ3n) is 1.89. The lowest BCUT2D eigenvalue weighted by molar-refractivity contribution is 0.594. The van der Waals surface area contributed by atoms with E-state index < -0.39 is 0 Å². The maximum atomic E-state index is 13.2. The van der Waals surface area contributed by atoms with Gasteiger partial charge < -0.3 is 5.32 Å². The monoisotopic (exact) mass is 183 g/mol. The molecular formula is C9H10FNS. The van der Waals surface area contributed by atoms with Crippen molar-refractivity contribution in [1.82, 2.24) is 5.32 Å². The fraction of sp³-hybridized carbons (Fsp3) is 0.333. The van der Waals surface area contributed by atoms with Crippen LogP contribution in [-0.2, 0) is 6.54 Å². The molecule has 1 aromatic rings. The van der Waals surface area contributed by atoms with Crippen molar-refractivity contribution in [3.8, 4) is 0 Å². The van der Waals surface area contributed by atoms with E-state index in [2.05, 4.69) is 5.32 Å². The molecule has 0 aliphatic carbocycles. The normalized spacial score (nSPS) is 16.8. The first kappa shape index (κ1) is 8.08. The second kappa shape index (κ2) is 3.46. The van der Waals surface area contributed by atoms with Crippen molar-refractivity contribution in [3.63, 3.8) is 0 Å². The molecule has 2 rings (SSSR count). The third-order valence-corrected chi connectivity index (χ3v) is 3.04. The van der Waals surface area contributed by atoms with Crippen molar-refractivity contribution in [1.29, 1.82) is 0 Å². The van der Waals surface area contributed by atoms with E-state index in [1.54, 1.807) is 17.8 Å². The molecule has 1 aromatic carbocycles. The molecule has 0 fully saturated rings. The molecule has 64 valence electrons. The van der Waals surface area contributed by atoms with Gasteiger partial charge in [-0.3, -0.25) is 0 Å². The summed E-state index contributed by atoms with van der Waals surface area (Å²) < 4.78 is 13.2. The highest BCUT2D eigenvalue weighted by Gasteiger charge is 2.10. The number of fused-ring (bicyclic) bond motifs is 1. The summed E-state index contributed by atoms with van der Waals surface area (Å²) in [7, 11) is 0. The molecule has 0 saturated heterocycles. The standard InChI is InChI=1S/C9H10FNS/c10-8-3-1-2-7-6-11-4-5-12-9(7)8/h1-3,11H,4-6H2. The highest BCUT2D eigenvalue weighted by molar-refractivity contribution is 7.99. The Morgan fingerprint density at radius 3 is 3.25 bits per heavy atom. The second-order valence-corrected chi connectivity index (χ2v) is 3.86. The van der Waals surface area contributed by atoms with Gasteiger partial charge in [-0.25, -0.2) is 4.39 Å². The zero-order chi connectivity index (χ0) is 8.39. The van der Waals surface area contributed by atoms with E-state index in [4.69, 9.17) is 0 Å². The SMILES string of the molecule is Fc1cccc2c1SCCNC2. The summed E-state index contributed by atoms with van der Waals surface area (Å²) in [6, 6.07) is 5.27. The number of halogens is 1. The molecule has 1 nitrogen and oxygen atoms in total. The Hall–Kier alpha value is -0.540. The lowest BCUT2D eigenvalue weighted by Gasteiger charge is -2.04. The molecular weight excluding hydrogens is 173 g/mol. The highest BCUT2D eigenvalue weighted by atomic mass is 32.2. The molecule has 1 N–H and O–H groups in total. The predicted octanol–water partition coefficient (Wildman–Crippen LogP) is 2.02. The van der Waals surface area contributed by atoms with Crippen molar-refractivity contribution >= 4 is 11.8 Å². The largest absolute Gasteiger partial charge is 0.312 e. The van der Waals surface area contributed by atoms with Gasteiger partial charge in [0, 0.05) is 23.7 Å². The molecule has 0 amide bonds. The van der Waals surface area contributed by atoms with Crippen LogP contribution in [0.2, 0.25) is 0 Å².